The lowest BCUT2D eigenvalue weighted by molar-refractivity contribution is -0.121. The molecule has 4 heteroatoms. The molecule has 4 nitrogen and oxygen atoms in total. The van der Waals surface area contributed by atoms with Gasteiger partial charge >= 0.3 is 0 Å². The highest BCUT2D eigenvalue weighted by molar-refractivity contribution is 5.94. The Morgan fingerprint density at radius 2 is 1.86 bits per heavy atom. The lowest BCUT2D eigenvalue weighted by Gasteiger charge is -2.38. The quantitative estimate of drug-likeness (QED) is 0.929. The molecule has 1 aromatic rings. The largest absolute Gasteiger partial charge is 0.325 e. The fraction of sp³-hybridized carbons (Fsp3) is 0.529. The maximum atomic E-state index is 12.4. The third kappa shape index (κ3) is 4.05. The van der Waals surface area contributed by atoms with Crippen molar-refractivity contribution >= 4 is 11.6 Å². The van der Waals surface area contributed by atoms with E-state index in [0.29, 0.717) is 17.4 Å². The minimum atomic E-state index is -0.133. The molecule has 1 heterocycles. The van der Waals surface area contributed by atoms with Crippen molar-refractivity contribution in [2.24, 2.45) is 11.8 Å². The Labute approximate surface area is 126 Å². The van der Waals surface area contributed by atoms with E-state index in [1.165, 1.54) is 6.42 Å². The number of likely N-dealkylation sites (tertiary alicyclic amines) is 1. The van der Waals surface area contributed by atoms with Gasteiger partial charge in [0.25, 0.3) is 0 Å². The summed E-state index contributed by atoms with van der Waals surface area (Å²) in [4.78, 5) is 14.6. The van der Waals surface area contributed by atoms with Gasteiger partial charge in [-0.25, -0.2) is 0 Å². The van der Waals surface area contributed by atoms with Gasteiger partial charge in [0.1, 0.15) is 0 Å². The van der Waals surface area contributed by atoms with Crippen LogP contribution in [0, 0.1) is 23.2 Å². The first-order valence-electron chi connectivity index (χ1n) is 7.54. The van der Waals surface area contributed by atoms with Gasteiger partial charge in [-0.05, 0) is 49.4 Å². The molecule has 0 aromatic heterocycles. The molecule has 0 aliphatic carbocycles. The third-order valence-corrected chi connectivity index (χ3v) is 4.11. The van der Waals surface area contributed by atoms with Crippen LogP contribution in [0.15, 0.2) is 24.3 Å². The molecule has 0 unspecified atom stereocenters. The van der Waals surface area contributed by atoms with Crippen LogP contribution in [0.25, 0.3) is 0 Å². The second-order valence-corrected chi connectivity index (χ2v) is 6.25. The predicted molar refractivity (Wildman–Crippen MR) is 83.8 cm³/mol. The van der Waals surface area contributed by atoms with Crippen molar-refractivity contribution in [2.45, 2.75) is 33.2 Å². The first kappa shape index (κ1) is 15.5. The van der Waals surface area contributed by atoms with Gasteiger partial charge in [0.15, 0.2) is 0 Å². The zero-order valence-corrected chi connectivity index (χ0v) is 13.0. The molecule has 1 amide bonds. The molecule has 0 saturated carbocycles. The Balaban J connectivity index is 1.97. The topological polar surface area (TPSA) is 56.1 Å². The number of nitrogens with zero attached hydrogens (tertiary/aromatic N) is 2. The summed E-state index contributed by atoms with van der Waals surface area (Å²) < 4.78 is 0. The molecule has 0 bridgehead atoms. The van der Waals surface area contributed by atoms with E-state index in [4.69, 9.17) is 5.26 Å². The van der Waals surface area contributed by atoms with E-state index in [9.17, 15) is 4.79 Å². The summed E-state index contributed by atoms with van der Waals surface area (Å²) >= 11 is 0. The number of nitriles is 1. The molecule has 0 radical (unpaired) electrons. The van der Waals surface area contributed by atoms with Gasteiger partial charge in [-0.1, -0.05) is 13.8 Å². The second-order valence-electron chi connectivity index (χ2n) is 6.25. The molecule has 21 heavy (non-hydrogen) atoms. The number of benzene rings is 1. The number of amides is 1. The molecule has 1 aromatic carbocycles. The summed E-state index contributed by atoms with van der Waals surface area (Å²) in [6.45, 7) is 8.41. The van der Waals surface area contributed by atoms with Crippen molar-refractivity contribution in [1.29, 1.82) is 5.26 Å². The highest BCUT2D eigenvalue weighted by Gasteiger charge is 2.28. The average molecular weight is 285 g/mol. The molecule has 1 saturated heterocycles. The zero-order chi connectivity index (χ0) is 15.4. The van der Waals surface area contributed by atoms with Crippen LogP contribution >= 0.6 is 0 Å². The van der Waals surface area contributed by atoms with Crippen LogP contribution in [0.4, 0.5) is 5.69 Å². The van der Waals surface area contributed by atoms with Gasteiger partial charge in [0.2, 0.25) is 5.91 Å². The third-order valence-electron chi connectivity index (χ3n) is 4.11. The first-order chi connectivity index (χ1) is 9.99. The summed E-state index contributed by atoms with van der Waals surface area (Å²) in [7, 11) is 0. The number of anilines is 1. The molecule has 1 N–H and O–H groups in total. The number of hydrogen-bond acceptors (Lipinski definition) is 3. The Hall–Kier alpha value is -1.86. The van der Waals surface area contributed by atoms with Gasteiger partial charge in [0.05, 0.1) is 17.7 Å². The first-order valence-corrected chi connectivity index (χ1v) is 7.54. The van der Waals surface area contributed by atoms with E-state index in [2.05, 4.69) is 30.1 Å². The molecule has 1 aliphatic rings. The number of hydrogen-bond donors (Lipinski definition) is 1. The zero-order valence-electron chi connectivity index (χ0n) is 13.0. The Bertz CT molecular complexity index is 522. The van der Waals surface area contributed by atoms with Gasteiger partial charge < -0.3 is 5.32 Å². The van der Waals surface area contributed by atoms with E-state index in [1.54, 1.807) is 24.3 Å². The highest BCUT2D eigenvalue weighted by Crippen LogP contribution is 2.23. The molecule has 112 valence electrons. The van der Waals surface area contributed by atoms with Crippen LogP contribution in [-0.4, -0.2) is 29.9 Å². The summed E-state index contributed by atoms with van der Waals surface area (Å²) in [6, 6.07) is 8.90. The van der Waals surface area contributed by atoms with Crippen LogP contribution in [0.2, 0.25) is 0 Å². The van der Waals surface area contributed by atoms with E-state index >= 15 is 0 Å². The number of rotatable bonds is 3. The van der Waals surface area contributed by atoms with Gasteiger partial charge in [-0.2, -0.15) is 5.26 Å². The predicted octanol–water partition coefficient (Wildman–Crippen LogP) is 2.86. The van der Waals surface area contributed by atoms with Crippen LogP contribution in [0.1, 0.15) is 32.8 Å². The van der Waals surface area contributed by atoms with E-state index in [-0.39, 0.29) is 11.9 Å². The number of nitrogens with one attached hydrogen (secondary N) is 1. The minimum absolute atomic E-state index is 0.0148. The summed E-state index contributed by atoms with van der Waals surface area (Å²) in [5, 5.41) is 11.7. The van der Waals surface area contributed by atoms with Crippen LogP contribution in [0.3, 0.4) is 0 Å². The van der Waals surface area contributed by atoms with Crippen LogP contribution < -0.4 is 5.32 Å². The summed E-state index contributed by atoms with van der Waals surface area (Å²) in [5.74, 6) is 1.29. The lowest BCUT2D eigenvalue weighted by Crippen LogP contribution is -2.48. The molecule has 3 atom stereocenters. The minimum Gasteiger partial charge on any atom is -0.325 e. The molecule has 0 spiro atoms. The number of carbonyl (C=O) groups is 1. The Morgan fingerprint density at radius 3 is 2.38 bits per heavy atom. The Morgan fingerprint density at radius 1 is 1.29 bits per heavy atom. The monoisotopic (exact) mass is 285 g/mol. The van der Waals surface area contributed by atoms with Gasteiger partial charge in [0, 0.05) is 18.8 Å². The van der Waals surface area contributed by atoms with Crippen molar-refractivity contribution in [3.05, 3.63) is 29.8 Å². The second kappa shape index (κ2) is 6.73. The maximum absolute atomic E-state index is 12.4. The van der Waals surface area contributed by atoms with E-state index in [1.807, 2.05) is 6.92 Å². The van der Waals surface area contributed by atoms with Crippen molar-refractivity contribution in [1.82, 2.24) is 4.90 Å². The van der Waals surface area contributed by atoms with Crippen LogP contribution in [0.5, 0.6) is 0 Å². The van der Waals surface area contributed by atoms with Gasteiger partial charge in [-0.3, -0.25) is 9.69 Å². The molecule has 2 rings (SSSR count). The Kier molecular flexibility index (Phi) is 4.98. The van der Waals surface area contributed by atoms with Crippen molar-refractivity contribution < 1.29 is 4.79 Å². The molecular formula is C17H23N3O. The van der Waals surface area contributed by atoms with Crippen molar-refractivity contribution in [3.63, 3.8) is 0 Å². The number of piperidine rings is 1. The normalized spacial score (nSPS) is 24.1. The standard InChI is InChI=1S/C17H23N3O/c1-12-8-13(2)11-20(10-12)14(3)17(21)19-16-6-4-15(9-18)5-7-16/h4-7,12-14H,8,10-11H2,1-3H3,(H,19,21)/t12-,13-,14+/m1/s1. The average Bonchev–Trinajstić information content (AvgIpc) is 2.46. The van der Waals surface area contributed by atoms with E-state index < -0.39 is 0 Å². The highest BCUT2D eigenvalue weighted by atomic mass is 16.2. The smallest absolute Gasteiger partial charge is 0.241 e. The SMILES string of the molecule is C[C@@H]1C[C@@H](C)CN([C@@H](C)C(=O)Nc2ccc(C#N)cc2)C1. The number of carbonyl (C=O) groups excluding carboxylic acids is 1. The van der Waals surface area contributed by atoms with Crippen molar-refractivity contribution in [3.8, 4) is 6.07 Å². The fourth-order valence-corrected chi connectivity index (χ4v) is 3.07. The fourth-order valence-electron chi connectivity index (χ4n) is 3.07. The lowest BCUT2D eigenvalue weighted by atomic mass is 9.91. The van der Waals surface area contributed by atoms with Gasteiger partial charge in [-0.15, -0.1) is 0 Å². The molecule has 1 aliphatic heterocycles. The van der Waals surface area contributed by atoms with E-state index in [0.717, 1.165) is 18.8 Å². The maximum Gasteiger partial charge on any atom is 0.241 e. The van der Waals surface area contributed by atoms with Crippen LogP contribution in [-0.2, 0) is 4.79 Å². The molecule has 1 fully saturated rings. The molecular weight excluding hydrogens is 262 g/mol. The summed E-state index contributed by atoms with van der Waals surface area (Å²) in [6.07, 6.45) is 1.24. The van der Waals surface area contributed by atoms with Crippen molar-refractivity contribution in [2.75, 3.05) is 18.4 Å². The summed E-state index contributed by atoms with van der Waals surface area (Å²) in [5.41, 5.74) is 1.34.